The minimum absolute atomic E-state index is 0.295. The van der Waals surface area contributed by atoms with Gasteiger partial charge in [-0.05, 0) is 29.8 Å². The molecule has 0 heterocycles. The van der Waals surface area contributed by atoms with Crippen LogP contribution < -0.4 is 5.32 Å². The van der Waals surface area contributed by atoms with Crippen LogP contribution in [0.5, 0.6) is 0 Å². The lowest BCUT2D eigenvalue weighted by molar-refractivity contribution is -0.137. The molecule has 0 fully saturated rings. The Morgan fingerprint density at radius 1 is 1.09 bits per heavy atom. The van der Waals surface area contributed by atoms with Gasteiger partial charge in [-0.25, -0.2) is 4.39 Å². The van der Waals surface area contributed by atoms with Crippen molar-refractivity contribution < 1.29 is 27.5 Å². The number of halogens is 4. The van der Waals surface area contributed by atoms with Crippen LogP contribution in [0.15, 0.2) is 48.5 Å². The molecule has 1 amide bonds. The summed E-state index contributed by atoms with van der Waals surface area (Å²) in [6.07, 6.45) is -5.80. The highest BCUT2D eigenvalue weighted by Crippen LogP contribution is 2.31. The Kier molecular flexibility index (Phi) is 5.00. The summed E-state index contributed by atoms with van der Waals surface area (Å²) in [6.45, 7) is -0.295. The molecule has 23 heavy (non-hydrogen) atoms. The topological polar surface area (TPSA) is 49.3 Å². The van der Waals surface area contributed by atoms with Gasteiger partial charge in [0.15, 0.2) is 0 Å². The molecule has 1 atom stereocenters. The SMILES string of the molecule is O=C(NCC(O)c1ccc(F)cc1)c1ccccc1C(F)(F)F. The van der Waals surface area contributed by atoms with Crippen molar-refractivity contribution in [2.75, 3.05) is 6.54 Å². The van der Waals surface area contributed by atoms with Crippen LogP contribution >= 0.6 is 0 Å². The summed E-state index contributed by atoms with van der Waals surface area (Å²) < 4.78 is 51.3. The average Bonchev–Trinajstić information content (AvgIpc) is 2.52. The minimum Gasteiger partial charge on any atom is -0.387 e. The van der Waals surface area contributed by atoms with Crippen LogP contribution in [0.2, 0.25) is 0 Å². The van der Waals surface area contributed by atoms with E-state index in [2.05, 4.69) is 5.32 Å². The van der Waals surface area contributed by atoms with E-state index in [0.29, 0.717) is 5.56 Å². The van der Waals surface area contributed by atoms with E-state index >= 15 is 0 Å². The van der Waals surface area contributed by atoms with E-state index in [-0.39, 0.29) is 6.54 Å². The van der Waals surface area contributed by atoms with Gasteiger partial charge in [-0.3, -0.25) is 4.79 Å². The van der Waals surface area contributed by atoms with Gasteiger partial charge in [0.25, 0.3) is 5.91 Å². The number of alkyl halides is 3. The lowest BCUT2D eigenvalue weighted by Gasteiger charge is -2.15. The molecule has 0 spiro atoms. The standard InChI is InChI=1S/C16H13F4NO2/c17-11-7-5-10(6-8-11)14(22)9-21-15(23)12-3-1-2-4-13(12)16(18,19)20/h1-8,14,22H,9H2,(H,21,23). The number of aliphatic hydroxyl groups excluding tert-OH is 1. The van der Waals surface area contributed by atoms with Crippen molar-refractivity contribution in [3.63, 3.8) is 0 Å². The maximum absolute atomic E-state index is 12.8. The molecule has 0 bridgehead atoms. The van der Waals surface area contributed by atoms with Crippen molar-refractivity contribution in [2.24, 2.45) is 0 Å². The average molecular weight is 327 g/mol. The van der Waals surface area contributed by atoms with E-state index in [1.54, 1.807) is 0 Å². The Morgan fingerprint density at radius 2 is 1.70 bits per heavy atom. The van der Waals surface area contributed by atoms with Crippen LogP contribution in [0.3, 0.4) is 0 Å². The van der Waals surface area contributed by atoms with Crippen molar-refractivity contribution >= 4 is 5.91 Å². The zero-order valence-corrected chi connectivity index (χ0v) is 11.8. The van der Waals surface area contributed by atoms with E-state index < -0.39 is 35.1 Å². The molecule has 2 aromatic rings. The monoisotopic (exact) mass is 327 g/mol. The highest BCUT2D eigenvalue weighted by atomic mass is 19.4. The summed E-state index contributed by atoms with van der Waals surface area (Å²) in [7, 11) is 0. The first-order valence-corrected chi connectivity index (χ1v) is 6.67. The molecular weight excluding hydrogens is 314 g/mol. The van der Waals surface area contributed by atoms with Crippen LogP contribution in [0.1, 0.15) is 27.6 Å². The molecule has 1 unspecified atom stereocenters. The number of nitrogens with one attached hydrogen (secondary N) is 1. The van der Waals surface area contributed by atoms with Crippen LogP contribution in [0, 0.1) is 5.82 Å². The highest BCUT2D eigenvalue weighted by Gasteiger charge is 2.34. The van der Waals surface area contributed by atoms with E-state index in [9.17, 15) is 27.5 Å². The van der Waals surface area contributed by atoms with Crippen LogP contribution in [-0.2, 0) is 6.18 Å². The summed E-state index contributed by atoms with van der Waals surface area (Å²) >= 11 is 0. The number of rotatable bonds is 4. The highest BCUT2D eigenvalue weighted by molar-refractivity contribution is 5.95. The third-order valence-corrected chi connectivity index (χ3v) is 3.19. The van der Waals surface area contributed by atoms with Gasteiger partial charge in [-0.2, -0.15) is 13.2 Å². The van der Waals surface area contributed by atoms with Gasteiger partial charge in [-0.1, -0.05) is 24.3 Å². The first kappa shape index (κ1) is 17.0. The van der Waals surface area contributed by atoms with Crippen molar-refractivity contribution in [1.29, 1.82) is 0 Å². The number of aliphatic hydroxyl groups is 1. The van der Waals surface area contributed by atoms with Gasteiger partial charge in [0, 0.05) is 6.54 Å². The van der Waals surface area contributed by atoms with Crippen molar-refractivity contribution in [3.8, 4) is 0 Å². The molecule has 2 N–H and O–H groups in total. The summed E-state index contributed by atoms with van der Waals surface area (Å²) in [6, 6.07) is 9.31. The van der Waals surface area contributed by atoms with Gasteiger partial charge in [0.2, 0.25) is 0 Å². The summed E-state index contributed by atoms with van der Waals surface area (Å²) in [5.41, 5.74) is -1.23. The third kappa shape index (κ3) is 4.29. The predicted octanol–water partition coefficient (Wildman–Crippen LogP) is 3.31. The van der Waals surface area contributed by atoms with E-state index in [1.807, 2.05) is 0 Å². The van der Waals surface area contributed by atoms with Crippen molar-refractivity contribution in [2.45, 2.75) is 12.3 Å². The van der Waals surface area contributed by atoms with Gasteiger partial charge >= 0.3 is 6.18 Å². The molecule has 0 saturated heterocycles. The molecular formula is C16H13F4NO2. The number of carbonyl (C=O) groups excluding carboxylic acids is 1. The molecule has 3 nitrogen and oxygen atoms in total. The van der Waals surface area contributed by atoms with Crippen LogP contribution in [-0.4, -0.2) is 17.6 Å². The van der Waals surface area contributed by atoms with Crippen molar-refractivity contribution in [1.82, 2.24) is 5.32 Å². The van der Waals surface area contributed by atoms with Gasteiger partial charge in [-0.15, -0.1) is 0 Å². The summed E-state index contributed by atoms with van der Waals surface area (Å²) in [5.74, 6) is -1.43. The van der Waals surface area contributed by atoms with E-state index in [4.69, 9.17) is 0 Å². The Labute approximate surface area is 129 Å². The molecule has 0 aliphatic rings. The maximum atomic E-state index is 12.8. The first-order valence-electron chi connectivity index (χ1n) is 6.67. The fourth-order valence-electron chi connectivity index (χ4n) is 2.02. The number of hydrogen-bond donors (Lipinski definition) is 2. The van der Waals surface area contributed by atoms with Crippen LogP contribution in [0.4, 0.5) is 17.6 Å². The predicted molar refractivity (Wildman–Crippen MR) is 75.1 cm³/mol. The smallest absolute Gasteiger partial charge is 0.387 e. The Bertz CT molecular complexity index is 683. The molecule has 2 rings (SSSR count). The summed E-state index contributed by atoms with van der Waals surface area (Å²) in [5, 5.41) is 12.1. The molecule has 0 aliphatic heterocycles. The second-order valence-corrected chi connectivity index (χ2v) is 4.82. The second kappa shape index (κ2) is 6.78. The van der Waals surface area contributed by atoms with Gasteiger partial charge in [0.05, 0.1) is 17.2 Å². The molecule has 0 aromatic heterocycles. The number of amides is 1. The van der Waals surface area contributed by atoms with E-state index in [1.165, 1.54) is 24.3 Å². The molecule has 7 heteroatoms. The molecule has 0 radical (unpaired) electrons. The van der Waals surface area contributed by atoms with Gasteiger partial charge < -0.3 is 10.4 Å². The second-order valence-electron chi connectivity index (χ2n) is 4.82. The normalized spacial score (nSPS) is 12.7. The fraction of sp³-hybridized carbons (Fsp3) is 0.188. The Balaban J connectivity index is 2.07. The zero-order valence-electron chi connectivity index (χ0n) is 11.8. The Hall–Kier alpha value is -2.41. The minimum atomic E-state index is -4.65. The van der Waals surface area contributed by atoms with Crippen molar-refractivity contribution in [3.05, 3.63) is 71.0 Å². The lowest BCUT2D eigenvalue weighted by atomic mass is 10.1. The number of benzene rings is 2. The first-order chi connectivity index (χ1) is 10.8. The number of hydrogen-bond acceptors (Lipinski definition) is 2. The molecule has 2 aromatic carbocycles. The number of carbonyl (C=O) groups is 1. The lowest BCUT2D eigenvalue weighted by Crippen LogP contribution is -2.30. The maximum Gasteiger partial charge on any atom is 0.417 e. The molecule has 122 valence electrons. The van der Waals surface area contributed by atoms with E-state index in [0.717, 1.165) is 24.3 Å². The third-order valence-electron chi connectivity index (χ3n) is 3.19. The largest absolute Gasteiger partial charge is 0.417 e. The molecule has 0 aliphatic carbocycles. The zero-order chi connectivity index (χ0) is 17.0. The Morgan fingerprint density at radius 3 is 2.30 bits per heavy atom. The fourth-order valence-corrected chi connectivity index (χ4v) is 2.02. The molecule has 0 saturated carbocycles. The van der Waals surface area contributed by atoms with Gasteiger partial charge in [0.1, 0.15) is 5.82 Å². The quantitative estimate of drug-likeness (QED) is 0.847. The summed E-state index contributed by atoms with van der Waals surface area (Å²) in [4.78, 5) is 11.9. The van der Waals surface area contributed by atoms with Crippen LogP contribution in [0.25, 0.3) is 0 Å².